The minimum atomic E-state index is -0.212. The zero-order chi connectivity index (χ0) is 19.1. The maximum atomic E-state index is 12.5. The topological polar surface area (TPSA) is 92.9 Å². The van der Waals surface area contributed by atoms with Gasteiger partial charge in [-0.05, 0) is 37.1 Å². The Kier molecular flexibility index (Phi) is 4.07. The van der Waals surface area contributed by atoms with Gasteiger partial charge < -0.3 is 19.4 Å². The van der Waals surface area contributed by atoms with E-state index in [4.69, 9.17) is 9.47 Å². The number of fused-ring (bicyclic) bond motifs is 2. The van der Waals surface area contributed by atoms with Crippen LogP contribution in [0, 0.1) is 13.8 Å². The van der Waals surface area contributed by atoms with Gasteiger partial charge in [0, 0.05) is 24.4 Å². The molecule has 3 heterocycles. The van der Waals surface area contributed by atoms with Gasteiger partial charge in [0.05, 0.1) is 36.2 Å². The second-order valence-electron chi connectivity index (χ2n) is 6.53. The number of aromatic amines is 2. The number of nitrogens with zero attached hydrogens (tertiary/aromatic N) is 2. The van der Waals surface area contributed by atoms with Crippen molar-refractivity contribution in [2.24, 2.45) is 0 Å². The molecule has 0 bridgehead atoms. The molecule has 4 aromatic rings. The smallest absolute Gasteiger partial charge is 0.258 e. The van der Waals surface area contributed by atoms with Crippen molar-refractivity contribution in [2.45, 2.75) is 20.3 Å². The van der Waals surface area contributed by atoms with Gasteiger partial charge in [-0.1, -0.05) is 0 Å². The van der Waals surface area contributed by atoms with Crippen molar-refractivity contribution < 1.29 is 9.47 Å². The van der Waals surface area contributed by atoms with Crippen molar-refractivity contribution in [1.29, 1.82) is 0 Å². The number of rotatable bonds is 4. The Hall–Kier alpha value is -3.35. The predicted molar refractivity (Wildman–Crippen MR) is 104 cm³/mol. The van der Waals surface area contributed by atoms with Crippen LogP contribution in [0.4, 0.5) is 0 Å². The van der Waals surface area contributed by atoms with Crippen LogP contribution < -0.4 is 15.0 Å². The Balaban J connectivity index is 1.76. The first-order valence-electron chi connectivity index (χ1n) is 8.59. The van der Waals surface area contributed by atoms with Gasteiger partial charge in [0.2, 0.25) is 0 Å². The number of hydrogen-bond donors (Lipinski definition) is 2. The molecule has 138 valence electrons. The third-order valence-corrected chi connectivity index (χ3v) is 4.82. The maximum absolute atomic E-state index is 12.5. The summed E-state index contributed by atoms with van der Waals surface area (Å²) in [5.41, 5.74) is 5.52. The Bertz CT molecular complexity index is 1220. The molecule has 27 heavy (non-hydrogen) atoms. The van der Waals surface area contributed by atoms with Crippen molar-refractivity contribution in [2.75, 3.05) is 14.2 Å². The zero-order valence-electron chi connectivity index (χ0n) is 15.6. The summed E-state index contributed by atoms with van der Waals surface area (Å²) >= 11 is 0. The SMILES string of the molecule is COc1cc2nc(Cc3cnc4c(C)c(C)[nH]c4c3)[nH]c(=O)c2cc1OC. The van der Waals surface area contributed by atoms with E-state index in [0.29, 0.717) is 34.6 Å². The van der Waals surface area contributed by atoms with Crippen LogP contribution in [0.15, 0.2) is 29.2 Å². The molecule has 0 atom stereocenters. The van der Waals surface area contributed by atoms with Crippen LogP contribution in [0.25, 0.3) is 21.9 Å². The monoisotopic (exact) mass is 364 g/mol. The number of methoxy groups -OCH3 is 2. The summed E-state index contributed by atoms with van der Waals surface area (Å²) in [6, 6.07) is 5.40. The maximum Gasteiger partial charge on any atom is 0.258 e. The molecule has 0 radical (unpaired) electrons. The normalized spacial score (nSPS) is 11.3. The van der Waals surface area contributed by atoms with Crippen LogP contribution in [0.3, 0.4) is 0 Å². The molecule has 0 saturated heterocycles. The van der Waals surface area contributed by atoms with E-state index in [1.165, 1.54) is 7.11 Å². The Morgan fingerprint density at radius 2 is 1.78 bits per heavy atom. The molecule has 2 N–H and O–H groups in total. The fourth-order valence-electron chi connectivity index (χ4n) is 3.26. The van der Waals surface area contributed by atoms with E-state index < -0.39 is 0 Å². The lowest BCUT2D eigenvalue weighted by Gasteiger charge is -2.09. The largest absolute Gasteiger partial charge is 0.493 e. The van der Waals surface area contributed by atoms with Gasteiger partial charge in [-0.25, -0.2) is 4.98 Å². The van der Waals surface area contributed by atoms with Gasteiger partial charge in [-0.3, -0.25) is 9.78 Å². The highest BCUT2D eigenvalue weighted by molar-refractivity contribution is 5.82. The third-order valence-electron chi connectivity index (χ3n) is 4.82. The molecule has 0 amide bonds. The molecule has 0 spiro atoms. The van der Waals surface area contributed by atoms with E-state index in [1.54, 1.807) is 19.2 Å². The van der Waals surface area contributed by atoms with Gasteiger partial charge in [0.1, 0.15) is 5.82 Å². The fraction of sp³-hybridized carbons (Fsp3) is 0.250. The quantitative estimate of drug-likeness (QED) is 0.581. The number of pyridine rings is 1. The minimum Gasteiger partial charge on any atom is -0.493 e. The molecule has 1 aromatic carbocycles. The van der Waals surface area contributed by atoms with Crippen molar-refractivity contribution in [1.82, 2.24) is 19.9 Å². The lowest BCUT2D eigenvalue weighted by Crippen LogP contribution is -2.12. The Morgan fingerprint density at radius 1 is 1.04 bits per heavy atom. The third kappa shape index (κ3) is 2.91. The highest BCUT2D eigenvalue weighted by Gasteiger charge is 2.12. The number of benzene rings is 1. The molecule has 0 unspecified atom stereocenters. The van der Waals surface area contributed by atoms with E-state index in [0.717, 1.165) is 27.9 Å². The summed E-state index contributed by atoms with van der Waals surface area (Å²) in [5.74, 6) is 1.60. The van der Waals surface area contributed by atoms with Crippen molar-refractivity contribution in [3.63, 3.8) is 0 Å². The number of H-pyrrole nitrogens is 2. The second-order valence-corrected chi connectivity index (χ2v) is 6.53. The van der Waals surface area contributed by atoms with Gasteiger partial charge in [-0.2, -0.15) is 0 Å². The summed E-state index contributed by atoms with van der Waals surface area (Å²) in [6.07, 6.45) is 2.29. The van der Waals surface area contributed by atoms with Crippen LogP contribution >= 0.6 is 0 Å². The Labute approximate surface area is 155 Å². The number of hydrogen-bond acceptors (Lipinski definition) is 5. The lowest BCUT2D eigenvalue weighted by molar-refractivity contribution is 0.355. The first-order chi connectivity index (χ1) is 13.0. The second kappa shape index (κ2) is 6.42. The first-order valence-corrected chi connectivity index (χ1v) is 8.59. The number of ether oxygens (including phenoxy) is 2. The number of aromatic nitrogens is 4. The van der Waals surface area contributed by atoms with Crippen molar-refractivity contribution in [3.8, 4) is 11.5 Å². The standard InChI is InChI=1S/C20H20N4O3/c1-10-11(2)22-15-5-12(9-21-19(10)15)6-18-23-14-8-17(27-4)16(26-3)7-13(14)20(25)24-18/h5,7-9,22H,6H2,1-4H3,(H,23,24,25). The van der Waals surface area contributed by atoms with Gasteiger partial charge in [0.25, 0.3) is 5.56 Å². The summed E-state index contributed by atoms with van der Waals surface area (Å²) < 4.78 is 10.6. The highest BCUT2D eigenvalue weighted by atomic mass is 16.5. The summed E-state index contributed by atoms with van der Waals surface area (Å²) in [4.78, 5) is 27.8. The summed E-state index contributed by atoms with van der Waals surface area (Å²) in [6.45, 7) is 4.07. The summed E-state index contributed by atoms with van der Waals surface area (Å²) in [7, 11) is 3.09. The molecule has 7 nitrogen and oxygen atoms in total. The molecule has 4 rings (SSSR count). The van der Waals surface area contributed by atoms with E-state index in [2.05, 4.69) is 19.9 Å². The van der Waals surface area contributed by atoms with Gasteiger partial charge >= 0.3 is 0 Å². The molecule has 0 aliphatic rings. The first kappa shape index (κ1) is 17.1. The predicted octanol–water partition coefficient (Wildman–Crippen LogP) is 3.02. The fourth-order valence-corrected chi connectivity index (χ4v) is 3.26. The van der Waals surface area contributed by atoms with Crippen LogP contribution in [0.2, 0.25) is 0 Å². The molecule has 0 fully saturated rings. The number of aryl methyl sites for hydroxylation is 2. The summed E-state index contributed by atoms with van der Waals surface area (Å²) in [5, 5.41) is 0.459. The molecule has 0 aliphatic carbocycles. The molecule has 0 saturated carbocycles. The molecule has 7 heteroatoms. The van der Waals surface area contributed by atoms with E-state index in [9.17, 15) is 4.79 Å². The molecule has 3 aromatic heterocycles. The van der Waals surface area contributed by atoms with Crippen LogP contribution in [-0.4, -0.2) is 34.2 Å². The molecule has 0 aliphatic heterocycles. The minimum absolute atomic E-state index is 0.212. The average molecular weight is 364 g/mol. The molecular formula is C20H20N4O3. The number of nitrogens with one attached hydrogen (secondary N) is 2. The van der Waals surface area contributed by atoms with Crippen molar-refractivity contribution >= 4 is 21.9 Å². The van der Waals surface area contributed by atoms with Gasteiger partial charge in [-0.15, -0.1) is 0 Å². The highest BCUT2D eigenvalue weighted by Crippen LogP contribution is 2.30. The van der Waals surface area contributed by atoms with Crippen LogP contribution in [0.1, 0.15) is 22.6 Å². The Morgan fingerprint density at radius 3 is 2.52 bits per heavy atom. The van der Waals surface area contributed by atoms with E-state index in [1.807, 2.05) is 26.1 Å². The van der Waals surface area contributed by atoms with E-state index >= 15 is 0 Å². The molecular weight excluding hydrogens is 344 g/mol. The van der Waals surface area contributed by atoms with Crippen molar-refractivity contribution in [3.05, 3.63) is 57.4 Å². The van der Waals surface area contributed by atoms with Crippen LogP contribution in [0.5, 0.6) is 11.5 Å². The van der Waals surface area contributed by atoms with E-state index in [-0.39, 0.29) is 5.56 Å². The lowest BCUT2D eigenvalue weighted by atomic mass is 10.1. The average Bonchev–Trinajstić information content (AvgIpc) is 2.94. The van der Waals surface area contributed by atoms with Crippen LogP contribution in [-0.2, 0) is 6.42 Å². The zero-order valence-corrected chi connectivity index (χ0v) is 15.6. The van der Waals surface area contributed by atoms with Gasteiger partial charge in [0.15, 0.2) is 11.5 Å².